The zero-order chi connectivity index (χ0) is 14.0. The zero-order valence-electron chi connectivity index (χ0n) is 13.0. The molecule has 0 aliphatic carbocycles. The lowest BCUT2D eigenvalue weighted by Crippen LogP contribution is -2.43. The average molecular weight is 264 g/mol. The van der Waals surface area contributed by atoms with E-state index < -0.39 is 0 Å². The van der Waals surface area contributed by atoms with Gasteiger partial charge in [-0.25, -0.2) is 0 Å². The van der Waals surface area contributed by atoms with Crippen molar-refractivity contribution in [2.45, 2.75) is 65.6 Å². The Bertz CT molecular complexity index is 401. The second-order valence-corrected chi connectivity index (χ2v) is 6.13. The molecule has 1 aromatic heterocycles. The monoisotopic (exact) mass is 264 g/mol. The third-order valence-corrected chi connectivity index (χ3v) is 4.34. The minimum Gasteiger partial charge on any atom is -0.466 e. The van der Waals surface area contributed by atoms with E-state index in [2.05, 4.69) is 44.0 Å². The molecule has 0 bridgehead atoms. The Labute approximate surface area is 117 Å². The van der Waals surface area contributed by atoms with E-state index in [1.165, 1.54) is 18.4 Å². The molecule has 2 heterocycles. The Morgan fingerprint density at radius 2 is 1.79 bits per heavy atom. The number of aryl methyl sites for hydroxylation is 2. The van der Waals surface area contributed by atoms with Gasteiger partial charge in [-0.05, 0) is 53.5 Å². The Balaban J connectivity index is 2.08. The maximum Gasteiger partial charge on any atom is 0.105 e. The minimum atomic E-state index is 0.454. The summed E-state index contributed by atoms with van der Waals surface area (Å²) < 4.78 is 5.69. The molecular weight excluding hydrogens is 236 g/mol. The summed E-state index contributed by atoms with van der Waals surface area (Å²) in [6.45, 7) is 13.3. The van der Waals surface area contributed by atoms with Gasteiger partial charge in [-0.15, -0.1) is 0 Å². The molecule has 1 N–H and O–H groups in total. The summed E-state index contributed by atoms with van der Waals surface area (Å²) in [5, 5.41) is 3.65. The van der Waals surface area contributed by atoms with Crippen LogP contribution in [0.15, 0.2) is 10.5 Å². The lowest BCUT2D eigenvalue weighted by atomic mass is 10.0. The molecular formula is C16H28N2O. The fraction of sp³-hybridized carbons (Fsp3) is 0.750. The summed E-state index contributed by atoms with van der Waals surface area (Å²) in [6, 6.07) is 3.87. The van der Waals surface area contributed by atoms with Crippen LogP contribution >= 0.6 is 0 Å². The molecule has 3 unspecified atom stereocenters. The van der Waals surface area contributed by atoms with Crippen molar-refractivity contribution in [3.05, 3.63) is 23.2 Å². The van der Waals surface area contributed by atoms with Crippen molar-refractivity contribution < 1.29 is 4.42 Å². The summed E-state index contributed by atoms with van der Waals surface area (Å²) in [5.41, 5.74) is 1.35. The first-order chi connectivity index (χ1) is 8.97. The number of furan rings is 1. The van der Waals surface area contributed by atoms with E-state index in [1.54, 1.807) is 0 Å². The summed E-state index contributed by atoms with van der Waals surface area (Å²) in [6.07, 6.45) is 2.43. The van der Waals surface area contributed by atoms with Gasteiger partial charge in [0.15, 0.2) is 0 Å². The lowest BCUT2D eigenvalue weighted by molar-refractivity contribution is 0.171. The predicted octanol–water partition coefficient (Wildman–Crippen LogP) is 3.42. The van der Waals surface area contributed by atoms with Crippen molar-refractivity contribution in [1.29, 1.82) is 0 Å². The highest BCUT2D eigenvalue weighted by molar-refractivity contribution is 5.23. The van der Waals surface area contributed by atoms with Gasteiger partial charge in [0.05, 0.1) is 0 Å². The highest BCUT2D eigenvalue weighted by Gasteiger charge is 2.23. The normalized spacial score (nSPS) is 27.8. The standard InChI is InChI=1S/C16H28N2O/c1-11-6-8-18(9-7-12(2)17-11)14(4)16-10-13(3)19-15(16)5/h10-12,14,17H,6-9H2,1-5H3. The molecule has 108 valence electrons. The van der Waals surface area contributed by atoms with Crippen LogP contribution in [-0.4, -0.2) is 30.1 Å². The Morgan fingerprint density at radius 1 is 1.21 bits per heavy atom. The van der Waals surface area contributed by atoms with Crippen LogP contribution in [0.2, 0.25) is 0 Å². The van der Waals surface area contributed by atoms with Crippen LogP contribution in [0.4, 0.5) is 0 Å². The SMILES string of the molecule is Cc1cc(C(C)N2CCC(C)NC(C)CC2)c(C)o1. The zero-order valence-corrected chi connectivity index (χ0v) is 13.0. The van der Waals surface area contributed by atoms with Crippen molar-refractivity contribution in [2.75, 3.05) is 13.1 Å². The highest BCUT2D eigenvalue weighted by Crippen LogP contribution is 2.27. The molecule has 1 saturated heterocycles. The molecule has 3 nitrogen and oxygen atoms in total. The third-order valence-electron chi connectivity index (χ3n) is 4.34. The van der Waals surface area contributed by atoms with Crippen molar-refractivity contribution >= 4 is 0 Å². The largest absolute Gasteiger partial charge is 0.466 e. The van der Waals surface area contributed by atoms with Gasteiger partial charge in [0.2, 0.25) is 0 Å². The molecule has 1 fully saturated rings. The Hall–Kier alpha value is -0.800. The van der Waals surface area contributed by atoms with Gasteiger partial charge in [0, 0.05) is 36.8 Å². The smallest absolute Gasteiger partial charge is 0.105 e. The van der Waals surface area contributed by atoms with Gasteiger partial charge >= 0.3 is 0 Å². The van der Waals surface area contributed by atoms with E-state index in [4.69, 9.17) is 4.42 Å². The van der Waals surface area contributed by atoms with E-state index in [0.29, 0.717) is 18.1 Å². The van der Waals surface area contributed by atoms with Gasteiger partial charge in [-0.1, -0.05) is 0 Å². The van der Waals surface area contributed by atoms with Crippen LogP contribution in [0.25, 0.3) is 0 Å². The molecule has 2 rings (SSSR count). The van der Waals surface area contributed by atoms with Crippen LogP contribution in [0.5, 0.6) is 0 Å². The first-order valence-corrected chi connectivity index (χ1v) is 7.54. The molecule has 3 heteroatoms. The number of nitrogens with one attached hydrogen (secondary N) is 1. The van der Waals surface area contributed by atoms with Crippen LogP contribution in [0.3, 0.4) is 0 Å². The molecule has 1 aromatic rings. The van der Waals surface area contributed by atoms with Crippen LogP contribution in [0.1, 0.15) is 56.7 Å². The lowest BCUT2D eigenvalue weighted by Gasteiger charge is -2.34. The molecule has 1 aliphatic heterocycles. The fourth-order valence-electron chi connectivity index (χ4n) is 3.13. The van der Waals surface area contributed by atoms with Crippen LogP contribution in [0, 0.1) is 13.8 Å². The first kappa shape index (κ1) is 14.6. The quantitative estimate of drug-likeness (QED) is 0.887. The second-order valence-electron chi connectivity index (χ2n) is 6.13. The highest BCUT2D eigenvalue weighted by atomic mass is 16.3. The molecule has 0 saturated carbocycles. The minimum absolute atomic E-state index is 0.454. The van der Waals surface area contributed by atoms with Crippen molar-refractivity contribution in [3.8, 4) is 0 Å². The van der Waals surface area contributed by atoms with Gasteiger partial charge in [0.25, 0.3) is 0 Å². The average Bonchev–Trinajstić information content (AvgIpc) is 2.65. The number of nitrogens with zero attached hydrogens (tertiary/aromatic N) is 1. The molecule has 19 heavy (non-hydrogen) atoms. The maximum absolute atomic E-state index is 5.69. The summed E-state index contributed by atoms with van der Waals surface area (Å²) >= 11 is 0. The first-order valence-electron chi connectivity index (χ1n) is 7.54. The predicted molar refractivity (Wildman–Crippen MR) is 79.5 cm³/mol. The van der Waals surface area contributed by atoms with E-state index in [9.17, 15) is 0 Å². The van der Waals surface area contributed by atoms with Gasteiger partial charge < -0.3 is 9.73 Å². The van der Waals surface area contributed by atoms with Crippen LogP contribution < -0.4 is 5.32 Å². The topological polar surface area (TPSA) is 28.4 Å². The maximum atomic E-state index is 5.69. The van der Waals surface area contributed by atoms with Gasteiger partial charge in [0.1, 0.15) is 11.5 Å². The van der Waals surface area contributed by atoms with E-state index in [-0.39, 0.29) is 0 Å². The van der Waals surface area contributed by atoms with E-state index in [0.717, 1.165) is 24.6 Å². The van der Waals surface area contributed by atoms with Crippen molar-refractivity contribution in [1.82, 2.24) is 10.2 Å². The van der Waals surface area contributed by atoms with Crippen molar-refractivity contribution in [3.63, 3.8) is 0 Å². The molecule has 0 radical (unpaired) electrons. The summed E-state index contributed by atoms with van der Waals surface area (Å²) in [7, 11) is 0. The van der Waals surface area contributed by atoms with Crippen LogP contribution in [-0.2, 0) is 0 Å². The van der Waals surface area contributed by atoms with Gasteiger partial charge in [-0.3, -0.25) is 4.90 Å². The van der Waals surface area contributed by atoms with E-state index in [1.807, 2.05) is 6.92 Å². The van der Waals surface area contributed by atoms with E-state index >= 15 is 0 Å². The second kappa shape index (κ2) is 6.10. The number of hydrogen-bond donors (Lipinski definition) is 1. The molecule has 1 aliphatic rings. The van der Waals surface area contributed by atoms with Crippen molar-refractivity contribution in [2.24, 2.45) is 0 Å². The Morgan fingerprint density at radius 3 is 2.26 bits per heavy atom. The molecule has 0 amide bonds. The molecule has 0 spiro atoms. The number of rotatable bonds is 2. The fourth-order valence-corrected chi connectivity index (χ4v) is 3.13. The van der Waals surface area contributed by atoms with Gasteiger partial charge in [-0.2, -0.15) is 0 Å². The number of hydrogen-bond acceptors (Lipinski definition) is 3. The molecule has 3 atom stereocenters. The molecule has 0 aromatic carbocycles. The third kappa shape index (κ3) is 3.61. The summed E-state index contributed by atoms with van der Waals surface area (Å²) in [4.78, 5) is 2.60. The summed E-state index contributed by atoms with van der Waals surface area (Å²) in [5.74, 6) is 2.10. The Kier molecular flexibility index (Phi) is 4.69.